The molecule has 0 amide bonds. The molecule has 0 saturated heterocycles. The molecule has 3 N–H and O–H groups in total. The molecule has 0 aromatic heterocycles. The molecular formula is C87H170O17P2. The average molecular weight is 1550 g/mol. The van der Waals surface area contributed by atoms with E-state index in [0.717, 1.165) is 102 Å². The number of hydrogen-bond acceptors (Lipinski definition) is 15. The van der Waals surface area contributed by atoms with Crippen molar-refractivity contribution in [3.8, 4) is 0 Å². The van der Waals surface area contributed by atoms with Crippen molar-refractivity contribution < 1.29 is 80.2 Å². The molecule has 3 unspecified atom stereocenters. The van der Waals surface area contributed by atoms with Gasteiger partial charge in [-0.1, -0.05) is 414 Å². The van der Waals surface area contributed by atoms with Gasteiger partial charge in [0.05, 0.1) is 26.4 Å². The number of aliphatic hydroxyl groups is 1. The van der Waals surface area contributed by atoms with Crippen molar-refractivity contribution in [2.75, 3.05) is 39.6 Å². The molecule has 0 aliphatic rings. The van der Waals surface area contributed by atoms with E-state index >= 15 is 0 Å². The number of carbonyl (C=O) groups excluding carboxylic acids is 4. The summed E-state index contributed by atoms with van der Waals surface area (Å²) in [5, 5.41) is 10.7. The second-order valence-electron chi connectivity index (χ2n) is 32.0. The van der Waals surface area contributed by atoms with E-state index in [4.69, 9.17) is 37.0 Å². The number of carbonyl (C=O) groups is 4. The van der Waals surface area contributed by atoms with Gasteiger partial charge in [-0.2, -0.15) is 0 Å². The van der Waals surface area contributed by atoms with E-state index in [9.17, 15) is 43.2 Å². The van der Waals surface area contributed by atoms with Crippen LogP contribution in [0.1, 0.15) is 465 Å². The third-order valence-electron chi connectivity index (χ3n) is 20.8. The summed E-state index contributed by atoms with van der Waals surface area (Å²) in [6.07, 6.45) is 70.9. The van der Waals surface area contributed by atoms with E-state index in [2.05, 4.69) is 41.5 Å². The van der Waals surface area contributed by atoms with Gasteiger partial charge in [-0.3, -0.25) is 37.3 Å². The first kappa shape index (κ1) is 104. The number of rotatable bonds is 86. The maximum absolute atomic E-state index is 13.2. The van der Waals surface area contributed by atoms with Crippen LogP contribution in [0.5, 0.6) is 0 Å². The van der Waals surface area contributed by atoms with Crippen molar-refractivity contribution in [2.45, 2.75) is 484 Å². The Morgan fingerprint density at radius 2 is 0.481 bits per heavy atom. The number of hydrogen-bond donors (Lipinski definition) is 3. The minimum absolute atomic E-state index is 0.107. The molecule has 0 aliphatic carbocycles. The molecule has 19 heteroatoms. The Labute approximate surface area is 651 Å². The fraction of sp³-hybridized carbons (Fsp3) is 0.954. The highest BCUT2D eigenvalue weighted by Crippen LogP contribution is 2.45. The topological polar surface area (TPSA) is 237 Å². The van der Waals surface area contributed by atoms with Crippen LogP contribution in [-0.4, -0.2) is 96.7 Å². The van der Waals surface area contributed by atoms with E-state index in [1.165, 1.54) is 283 Å². The Morgan fingerprint density at radius 1 is 0.274 bits per heavy atom. The Morgan fingerprint density at radius 3 is 0.717 bits per heavy atom. The second-order valence-corrected chi connectivity index (χ2v) is 34.9. The quantitative estimate of drug-likeness (QED) is 0.0222. The molecule has 0 saturated carbocycles. The van der Waals surface area contributed by atoms with Crippen molar-refractivity contribution in [3.63, 3.8) is 0 Å². The van der Waals surface area contributed by atoms with Crippen LogP contribution in [-0.2, 0) is 65.4 Å². The average Bonchev–Trinajstić information content (AvgIpc) is 0.902. The number of ether oxygens (including phenoxy) is 4. The Kier molecular flexibility index (Phi) is 76.9. The zero-order valence-electron chi connectivity index (χ0n) is 69.7. The van der Waals surface area contributed by atoms with Crippen LogP contribution in [0.25, 0.3) is 0 Å². The monoisotopic (exact) mass is 1550 g/mol. The molecular weight excluding hydrogens is 1380 g/mol. The predicted octanol–water partition coefficient (Wildman–Crippen LogP) is 26.6. The first-order valence-corrected chi connectivity index (χ1v) is 48.0. The highest BCUT2D eigenvalue weighted by molar-refractivity contribution is 7.47. The largest absolute Gasteiger partial charge is 0.472 e. The second kappa shape index (κ2) is 78.3. The lowest BCUT2D eigenvalue weighted by Gasteiger charge is -2.21. The van der Waals surface area contributed by atoms with Crippen LogP contribution in [0.2, 0.25) is 0 Å². The third kappa shape index (κ3) is 78.7. The van der Waals surface area contributed by atoms with Crippen LogP contribution in [0.4, 0.5) is 0 Å². The van der Waals surface area contributed by atoms with Gasteiger partial charge in [-0.15, -0.1) is 0 Å². The fourth-order valence-electron chi connectivity index (χ4n) is 13.6. The Bertz CT molecular complexity index is 2030. The van der Waals surface area contributed by atoms with Gasteiger partial charge >= 0.3 is 39.5 Å². The minimum atomic E-state index is -4.97. The van der Waals surface area contributed by atoms with Gasteiger partial charge in [0.1, 0.15) is 19.3 Å². The molecule has 106 heavy (non-hydrogen) atoms. The van der Waals surface area contributed by atoms with Crippen molar-refractivity contribution in [3.05, 3.63) is 0 Å². The van der Waals surface area contributed by atoms with Crippen molar-refractivity contribution >= 4 is 39.5 Å². The maximum atomic E-state index is 13.2. The van der Waals surface area contributed by atoms with Gasteiger partial charge in [-0.05, 0) is 37.5 Å². The number of aliphatic hydroxyl groups excluding tert-OH is 1. The van der Waals surface area contributed by atoms with Crippen LogP contribution in [0, 0.1) is 11.8 Å². The molecule has 0 radical (unpaired) electrons. The van der Waals surface area contributed by atoms with Gasteiger partial charge < -0.3 is 33.8 Å². The summed E-state index contributed by atoms with van der Waals surface area (Å²) in [7, 11) is -9.93. The summed E-state index contributed by atoms with van der Waals surface area (Å²) in [5.74, 6) is -0.467. The van der Waals surface area contributed by atoms with Crippen LogP contribution >= 0.6 is 15.6 Å². The maximum Gasteiger partial charge on any atom is 0.472 e. The third-order valence-corrected chi connectivity index (χ3v) is 22.7. The summed E-state index contributed by atoms with van der Waals surface area (Å²) in [5.41, 5.74) is 0. The van der Waals surface area contributed by atoms with Gasteiger partial charge in [0, 0.05) is 25.7 Å². The molecule has 630 valence electrons. The van der Waals surface area contributed by atoms with Gasteiger partial charge in [0.2, 0.25) is 0 Å². The lowest BCUT2D eigenvalue weighted by atomic mass is 9.99. The molecule has 0 aromatic carbocycles. The van der Waals surface area contributed by atoms with Gasteiger partial charge in [0.25, 0.3) is 0 Å². The zero-order chi connectivity index (χ0) is 77.8. The van der Waals surface area contributed by atoms with Crippen molar-refractivity contribution in [1.29, 1.82) is 0 Å². The molecule has 0 bridgehead atoms. The first-order chi connectivity index (χ1) is 51.4. The number of unbranched alkanes of at least 4 members (excludes halogenated alkanes) is 55. The summed E-state index contributed by atoms with van der Waals surface area (Å²) >= 11 is 0. The Balaban J connectivity index is 5.19. The van der Waals surface area contributed by atoms with E-state index in [1.54, 1.807) is 0 Å². The molecule has 6 atom stereocenters. The SMILES string of the molecule is CCCCCCCCCCCCCCCCCCCCCCCC(=O)OC[C@H](COP(=O)(O)OC[C@@H](O)COP(=O)(O)OC[C@@H](COC(=O)CCCCCCCCCCC)OC(=O)CCCCCCCCCCCCCC(C)C)OC(=O)CCCCCCCCCCCCCCCCCCCCC(C)CC. The minimum Gasteiger partial charge on any atom is -0.462 e. The molecule has 0 spiro atoms. The summed E-state index contributed by atoms with van der Waals surface area (Å²) in [6, 6.07) is 0. The molecule has 0 aliphatic heterocycles. The lowest BCUT2D eigenvalue weighted by molar-refractivity contribution is -0.161. The smallest absolute Gasteiger partial charge is 0.462 e. The lowest BCUT2D eigenvalue weighted by Crippen LogP contribution is -2.30. The fourth-order valence-corrected chi connectivity index (χ4v) is 15.1. The van der Waals surface area contributed by atoms with E-state index in [1.807, 2.05) is 0 Å². The normalized spacial score (nSPS) is 14.1. The van der Waals surface area contributed by atoms with Gasteiger partial charge in [0.15, 0.2) is 12.2 Å². The van der Waals surface area contributed by atoms with E-state index in [-0.39, 0.29) is 25.7 Å². The van der Waals surface area contributed by atoms with Crippen LogP contribution in [0.3, 0.4) is 0 Å². The van der Waals surface area contributed by atoms with Gasteiger partial charge in [-0.25, -0.2) is 9.13 Å². The predicted molar refractivity (Wildman–Crippen MR) is 437 cm³/mol. The van der Waals surface area contributed by atoms with Crippen LogP contribution in [0.15, 0.2) is 0 Å². The zero-order valence-corrected chi connectivity index (χ0v) is 71.5. The molecule has 0 fully saturated rings. The number of phosphoric acid groups is 2. The summed E-state index contributed by atoms with van der Waals surface area (Å²) < 4.78 is 68.8. The van der Waals surface area contributed by atoms with Crippen LogP contribution < -0.4 is 0 Å². The number of esters is 4. The van der Waals surface area contributed by atoms with E-state index < -0.39 is 97.5 Å². The first-order valence-electron chi connectivity index (χ1n) is 45.0. The standard InChI is InChI=1S/C87H170O17P2/c1-7-10-12-14-16-18-19-20-21-22-23-24-25-29-32-35-40-46-52-58-64-70-85(90)98-76-83(104-86(91)71-65-59-53-47-41-36-33-30-27-26-28-31-34-39-45-50-56-62-68-80(6)9-3)78-102-106(95,96)100-74-81(88)73-99-105(93,94)101-77-82(75-97-84(89)69-63-57-51-43-17-15-13-11-8-2)103-87(92)72-66-60-54-48-42-37-38-44-49-55-61-67-79(4)5/h79-83,88H,7-78H2,1-6H3,(H,93,94)(H,95,96)/t80?,81-,82+,83+/m0/s1. The highest BCUT2D eigenvalue weighted by atomic mass is 31.2. The molecule has 0 rings (SSSR count). The number of phosphoric ester groups is 2. The molecule has 0 heterocycles. The Hall–Kier alpha value is -1.94. The highest BCUT2D eigenvalue weighted by Gasteiger charge is 2.30. The van der Waals surface area contributed by atoms with Crippen molar-refractivity contribution in [1.82, 2.24) is 0 Å². The van der Waals surface area contributed by atoms with E-state index in [0.29, 0.717) is 25.7 Å². The van der Waals surface area contributed by atoms with Crippen molar-refractivity contribution in [2.24, 2.45) is 11.8 Å². The molecule has 0 aromatic rings. The molecule has 17 nitrogen and oxygen atoms in total. The summed E-state index contributed by atoms with van der Waals surface area (Å²) in [4.78, 5) is 73.2. The summed E-state index contributed by atoms with van der Waals surface area (Å²) in [6.45, 7) is 9.72.